The normalized spacial score (nSPS) is 33.4. The maximum atomic E-state index is 10.3. The van der Waals surface area contributed by atoms with Crippen molar-refractivity contribution in [3.63, 3.8) is 0 Å². The average molecular weight is 212 g/mol. The van der Waals surface area contributed by atoms with E-state index in [-0.39, 0.29) is 5.60 Å². The largest absolute Gasteiger partial charge is 0.389 e. The zero-order valence-electron chi connectivity index (χ0n) is 10.1. The van der Waals surface area contributed by atoms with Gasteiger partial charge in [0.05, 0.1) is 5.60 Å². The van der Waals surface area contributed by atoms with E-state index in [4.69, 9.17) is 0 Å². The first kappa shape index (κ1) is 11.4. The summed E-state index contributed by atoms with van der Waals surface area (Å²) in [6.45, 7) is 6.52. The van der Waals surface area contributed by atoms with Crippen LogP contribution in [0.3, 0.4) is 0 Å². The summed E-state index contributed by atoms with van der Waals surface area (Å²) in [6, 6.07) is 0.628. The molecule has 1 aliphatic heterocycles. The molecule has 2 fully saturated rings. The summed E-state index contributed by atoms with van der Waals surface area (Å²) in [7, 11) is 2.19. The van der Waals surface area contributed by atoms with Gasteiger partial charge >= 0.3 is 0 Å². The number of hydrogen-bond acceptors (Lipinski definition) is 3. The Kier molecular flexibility index (Phi) is 3.33. The van der Waals surface area contributed by atoms with Gasteiger partial charge in [-0.2, -0.15) is 0 Å². The first-order valence-electron chi connectivity index (χ1n) is 6.24. The van der Waals surface area contributed by atoms with Crippen LogP contribution in [0, 0.1) is 0 Å². The van der Waals surface area contributed by atoms with Crippen LogP contribution >= 0.6 is 0 Å². The number of likely N-dealkylation sites (N-methyl/N-ethyl adjacent to an activating group) is 1. The van der Waals surface area contributed by atoms with E-state index in [1.807, 2.05) is 0 Å². The first-order valence-corrected chi connectivity index (χ1v) is 6.24. The third-order valence-corrected chi connectivity index (χ3v) is 4.10. The van der Waals surface area contributed by atoms with Crippen molar-refractivity contribution in [2.75, 3.05) is 33.2 Å². The predicted octanol–water partition coefficient (Wildman–Crippen LogP) is 0.927. The smallest absolute Gasteiger partial charge is 0.0774 e. The average Bonchev–Trinajstić information content (AvgIpc) is 2.59. The summed E-state index contributed by atoms with van der Waals surface area (Å²) in [4.78, 5) is 4.84. The maximum Gasteiger partial charge on any atom is 0.0774 e. The van der Waals surface area contributed by atoms with E-state index in [2.05, 4.69) is 23.8 Å². The van der Waals surface area contributed by atoms with E-state index in [1.54, 1.807) is 0 Å². The fraction of sp³-hybridized carbons (Fsp3) is 1.00. The lowest BCUT2D eigenvalue weighted by molar-refractivity contribution is -0.0110. The second-order valence-corrected chi connectivity index (χ2v) is 5.50. The van der Waals surface area contributed by atoms with Gasteiger partial charge in [0.1, 0.15) is 0 Å². The van der Waals surface area contributed by atoms with Crippen LogP contribution in [0.15, 0.2) is 0 Å². The highest BCUT2D eigenvalue weighted by molar-refractivity contribution is 4.89. The quantitative estimate of drug-likeness (QED) is 0.737. The van der Waals surface area contributed by atoms with Crippen molar-refractivity contribution < 1.29 is 5.11 Å². The van der Waals surface area contributed by atoms with Gasteiger partial charge in [0.15, 0.2) is 0 Å². The van der Waals surface area contributed by atoms with E-state index in [0.717, 1.165) is 39.0 Å². The van der Waals surface area contributed by atoms with Crippen molar-refractivity contribution in [1.82, 2.24) is 9.80 Å². The second-order valence-electron chi connectivity index (χ2n) is 5.50. The molecule has 0 bridgehead atoms. The summed E-state index contributed by atoms with van der Waals surface area (Å²) < 4.78 is 0. The molecule has 0 aromatic rings. The van der Waals surface area contributed by atoms with Gasteiger partial charge in [-0.05, 0) is 26.8 Å². The molecule has 3 nitrogen and oxygen atoms in total. The SMILES string of the molecule is CC1CN(CC2(O)CCCC2)CCN1C. The molecule has 0 amide bonds. The molecule has 1 atom stereocenters. The molecule has 15 heavy (non-hydrogen) atoms. The van der Waals surface area contributed by atoms with Gasteiger partial charge in [0.2, 0.25) is 0 Å². The highest BCUT2D eigenvalue weighted by atomic mass is 16.3. The summed E-state index contributed by atoms with van der Waals surface area (Å²) >= 11 is 0. The lowest BCUT2D eigenvalue weighted by atomic mass is 10.0. The van der Waals surface area contributed by atoms with Crippen molar-refractivity contribution in [3.05, 3.63) is 0 Å². The molecule has 1 N–H and O–H groups in total. The van der Waals surface area contributed by atoms with Gasteiger partial charge in [-0.3, -0.25) is 4.90 Å². The zero-order valence-corrected chi connectivity index (χ0v) is 10.1. The molecule has 1 aliphatic carbocycles. The monoisotopic (exact) mass is 212 g/mol. The first-order chi connectivity index (χ1) is 7.09. The van der Waals surface area contributed by atoms with Crippen LogP contribution in [0.4, 0.5) is 0 Å². The molecule has 1 saturated carbocycles. The highest BCUT2D eigenvalue weighted by Gasteiger charge is 2.34. The number of piperazine rings is 1. The minimum Gasteiger partial charge on any atom is -0.389 e. The lowest BCUT2D eigenvalue weighted by Crippen LogP contribution is -2.53. The third-order valence-electron chi connectivity index (χ3n) is 4.10. The number of β-amino-alcohol motifs (C(OH)–C–C–N with tert-alkyl or cyclic N) is 1. The molecule has 0 spiro atoms. The number of hydrogen-bond donors (Lipinski definition) is 1. The molecule has 1 unspecified atom stereocenters. The van der Waals surface area contributed by atoms with E-state index in [9.17, 15) is 5.11 Å². The van der Waals surface area contributed by atoms with Crippen molar-refractivity contribution in [2.45, 2.75) is 44.2 Å². The van der Waals surface area contributed by atoms with Crippen LogP contribution in [-0.4, -0.2) is 59.8 Å². The molecule has 3 heteroatoms. The van der Waals surface area contributed by atoms with Crippen LogP contribution in [0.25, 0.3) is 0 Å². The molecule has 88 valence electrons. The van der Waals surface area contributed by atoms with Crippen LogP contribution in [0.5, 0.6) is 0 Å². The second kappa shape index (κ2) is 4.40. The zero-order chi connectivity index (χ0) is 10.9. The standard InChI is InChI=1S/C12H24N2O/c1-11-9-14(8-7-13(11)2)10-12(15)5-3-4-6-12/h11,15H,3-10H2,1-2H3. The Morgan fingerprint density at radius 1 is 1.27 bits per heavy atom. The van der Waals surface area contributed by atoms with E-state index < -0.39 is 0 Å². The summed E-state index contributed by atoms with van der Waals surface area (Å²) in [5.74, 6) is 0. The van der Waals surface area contributed by atoms with Gasteiger partial charge in [0.25, 0.3) is 0 Å². The fourth-order valence-corrected chi connectivity index (χ4v) is 2.87. The van der Waals surface area contributed by atoms with E-state index in [1.165, 1.54) is 12.8 Å². The molecular weight excluding hydrogens is 188 g/mol. The fourth-order valence-electron chi connectivity index (χ4n) is 2.87. The maximum absolute atomic E-state index is 10.3. The molecule has 1 saturated heterocycles. The Morgan fingerprint density at radius 3 is 2.53 bits per heavy atom. The minimum absolute atomic E-state index is 0.365. The summed E-state index contributed by atoms with van der Waals surface area (Å²) in [5.41, 5.74) is -0.365. The lowest BCUT2D eigenvalue weighted by Gasteiger charge is -2.40. The Hall–Kier alpha value is -0.120. The molecule has 0 aromatic heterocycles. The van der Waals surface area contributed by atoms with E-state index in [0.29, 0.717) is 6.04 Å². The molecule has 0 radical (unpaired) electrons. The molecule has 2 aliphatic rings. The Bertz CT molecular complexity index is 214. The van der Waals surface area contributed by atoms with Gasteiger partial charge < -0.3 is 10.0 Å². The Morgan fingerprint density at radius 2 is 1.93 bits per heavy atom. The number of rotatable bonds is 2. The number of aliphatic hydroxyl groups is 1. The Labute approximate surface area is 93.1 Å². The van der Waals surface area contributed by atoms with Crippen molar-refractivity contribution >= 4 is 0 Å². The van der Waals surface area contributed by atoms with Crippen LogP contribution in [-0.2, 0) is 0 Å². The van der Waals surface area contributed by atoms with Crippen molar-refractivity contribution in [2.24, 2.45) is 0 Å². The highest BCUT2D eigenvalue weighted by Crippen LogP contribution is 2.30. The predicted molar refractivity (Wildman–Crippen MR) is 61.9 cm³/mol. The molecule has 2 rings (SSSR count). The van der Waals surface area contributed by atoms with Crippen molar-refractivity contribution in [3.8, 4) is 0 Å². The third kappa shape index (κ3) is 2.71. The van der Waals surface area contributed by atoms with Gasteiger partial charge in [0, 0.05) is 32.2 Å². The minimum atomic E-state index is -0.365. The van der Waals surface area contributed by atoms with Crippen LogP contribution < -0.4 is 0 Å². The Balaban J connectivity index is 1.84. The summed E-state index contributed by atoms with van der Waals surface area (Å²) in [6.07, 6.45) is 4.43. The molecule has 0 aromatic carbocycles. The van der Waals surface area contributed by atoms with Crippen molar-refractivity contribution in [1.29, 1.82) is 0 Å². The number of nitrogens with zero attached hydrogens (tertiary/aromatic N) is 2. The van der Waals surface area contributed by atoms with Crippen LogP contribution in [0.2, 0.25) is 0 Å². The molecular formula is C12H24N2O. The van der Waals surface area contributed by atoms with Gasteiger partial charge in [-0.1, -0.05) is 12.8 Å². The van der Waals surface area contributed by atoms with E-state index >= 15 is 0 Å². The topological polar surface area (TPSA) is 26.7 Å². The summed E-state index contributed by atoms with van der Waals surface area (Å²) in [5, 5.41) is 10.3. The van der Waals surface area contributed by atoms with Gasteiger partial charge in [-0.25, -0.2) is 0 Å². The van der Waals surface area contributed by atoms with Gasteiger partial charge in [-0.15, -0.1) is 0 Å². The molecule has 1 heterocycles. The van der Waals surface area contributed by atoms with Crippen LogP contribution in [0.1, 0.15) is 32.6 Å².